The molecule has 184 valence electrons. The maximum Gasteiger partial charge on any atom is 0.516 e. The Bertz CT molecular complexity index is 1310. The van der Waals surface area contributed by atoms with E-state index in [1.807, 2.05) is 32.9 Å². The van der Waals surface area contributed by atoms with Gasteiger partial charge < -0.3 is 5.11 Å². The molecular formula is C21H20BrClF3N3O3S2. The molecule has 0 aliphatic rings. The molecule has 0 amide bonds. The van der Waals surface area contributed by atoms with Crippen molar-refractivity contribution >= 4 is 54.6 Å². The lowest BCUT2D eigenvalue weighted by Crippen LogP contribution is -2.42. The highest BCUT2D eigenvalue weighted by molar-refractivity contribution is 9.10. The highest BCUT2D eigenvalue weighted by atomic mass is 79.9. The standard InChI is InChI=1S/C21H20BrClF3N3O3S2/c1-20(2,3)16-10-12(6-7-27-16)19-28-14(11-33-19)13-4-5-15(17(22)18(13)23)29(8-9-30)34(31,32)21(24,25)26/h4-7,10-11,30H,8-9H2,1-3H3. The summed E-state index contributed by atoms with van der Waals surface area (Å²) >= 11 is 10.9. The predicted octanol–water partition coefficient (Wildman–Crippen LogP) is 6.23. The second kappa shape index (κ2) is 9.73. The molecule has 0 aliphatic carbocycles. The average molecular weight is 599 g/mol. The van der Waals surface area contributed by atoms with Crippen molar-refractivity contribution in [2.24, 2.45) is 0 Å². The molecule has 0 aliphatic heterocycles. The van der Waals surface area contributed by atoms with Gasteiger partial charge >= 0.3 is 15.5 Å². The number of thiazole rings is 1. The molecule has 34 heavy (non-hydrogen) atoms. The van der Waals surface area contributed by atoms with Crippen molar-refractivity contribution in [1.29, 1.82) is 0 Å². The van der Waals surface area contributed by atoms with Crippen LogP contribution >= 0.6 is 38.9 Å². The molecule has 1 N–H and O–H groups in total. The van der Waals surface area contributed by atoms with Gasteiger partial charge in [-0.25, -0.2) is 4.98 Å². The number of aliphatic hydroxyl groups excluding tert-OH is 1. The number of pyridine rings is 1. The van der Waals surface area contributed by atoms with Crippen molar-refractivity contribution in [3.63, 3.8) is 0 Å². The van der Waals surface area contributed by atoms with Gasteiger partial charge in [-0.2, -0.15) is 21.6 Å². The second-order valence-electron chi connectivity index (χ2n) is 8.22. The summed E-state index contributed by atoms with van der Waals surface area (Å²) in [4.78, 5) is 9.01. The van der Waals surface area contributed by atoms with Gasteiger partial charge in [-0.1, -0.05) is 32.4 Å². The zero-order valence-electron chi connectivity index (χ0n) is 18.2. The van der Waals surface area contributed by atoms with Gasteiger partial charge in [0, 0.05) is 33.8 Å². The molecule has 0 bridgehead atoms. The molecule has 1 aromatic carbocycles. The third kappa shape index (κ3) is 5.25. The van der Waals surface area contributed by atoms with Crippen LogP contribution in [0.25, 0.3) is 21.8 Å². The molecule has 2 heterocycles. The average Bonchev–Trinajstić information content (AvgIpc) is 3.23. The van der Waals surface area contributed by atoms with E-state index in [-0.39, 0.29) is 24.9 Å². The SMILES string of the molecule is CC(C)(C)c1cc(-c2nc(-c3ccc(N(CCO)S(=O)(=O)C(F)(F)F)c(Br)c3Cl)cs2)ccn1. The normalized spacial score (nSPS) is 12.7. The van der Waals surface area contributed by atoms with Crippen molar-refractivity contribution in [1.82, 2.24) is 9.97 Å². The van der Waals surface area contributed by atoms with Crippen molar-refractivity contribution in [3.05, 3.63) is 51.0 Å². The molecule has 0 unspecified atom stereocenters. The Morgan fingerprint density at radius 3 is 2.47 bits per heavy atom. The molecule has 0 saturated heterocycles. The van der Waals surface area contributed by atoms with E-state index in [2.05, 4.69) is 25.9 Å². The van der Waals surface area contributed by atoms with E-state index in [1.165, 1.54) is 23.5 Å². The summed E-state index contributed by atoms with van der Waals surface area (Å²) in [6, 6.07) is 6.35. The number of halogens is 5. The minimum absolute atomic E-state index is 0.0141. The maximum absolute atomic E-state index is 13.2. The molecule has 3 rings (SSSR count). The molecule has 6 nitrogen and oxygen atoms in total. The number of alkyl halides is 3. The Morgan fingerprint density at radius 2 is 1.88 bits per heavy atom. The zero-order valence-corrected chi connectivity index (χ0v) is 22.2. The quantitative estimate of drug-likeness (QED) is 0.364. The Kier molecular flexibility index (Phi) is 7.69. The topological polar surface area (TPSA) is 83.4 Å². The lowest BCUT2D eigenvalue weighted by molar-refractivity contribution is -0.0438. The van der Waals surface area contributed by atoms with Crippen molar-refractivity contribution in [3.8, 4) is 21.8 Å². The van der Waals surface area contributed by atoms with Gasteiger partial charge in [0.1, 0.15) is 5.01 Å². The number of nitrogens with zero attached hydrogens (tertiary/aromatic N) is 3. The molecule has 13 heteroatoms. The van der Waals surface area contributed by atoms with Crippen LogP contribution in [-0.4, -0.2) is 42.2 Å². The van der Waals surface area contributed by atoms with Crippen LogP contribution < -0.4 is 4.31 Å². The Morgan fingerprint density at radius 1 is 1.21 bits per heavy atom. The van der Waals surface area contributed by atoms with E-state index in [1.54, 1.807) is 11.6 Å². The third-order valence-electron chi connectivity index (χ3n) is 4.77. The van der Waals surface area contributed by atoms with Crippen molar-refractivity contribution in [2.45, 2.75) is 31.7 Å². The molecule has 0 spiro atoms. The number of benzene rings is 1. The van der Waals surface area contributed by atoms with E-state index in [0.717, 1.165) is 11.3 Å². The van der Waals surface area contributed by atoms with E-state index in [9.17, 15) is 21.6 Å². The molecule has 2 aromatic heterocycles. The summed E-state index contributed by atoms with van der Waals surface area (Å²) in [6.07, 6.45) is 1.70. The Balaban J connectivity index is 2.03. The van der Waals surface area contributed by atoms with Gasteiger partial charge in [-0.3, -0.25) is 9.29 Å². The van der Waals surface area contributed by atoms with E-state index in [0.29, 0.717) is 16.3 Å². The molecular weight excluding hydrogens is 579 g/mol. The van der Waals surface area contributed by atoms with Gasteiger partial charge in [0.05, 0.1) is 34.0 Å². The molecule has 0 saturated carbocycles. The summed E-state index contributed by atoms with van der Waals surface area (Å²) in [6.45, 7) is 4.52. The fraction of sp³-hybridized carbons (Fsp3) is 0.333. The summed E-state index contributed by atoms with van der Waals surface area (Å²) in [5, 5.41) is 11.6. The van der Waals surface area contributed by atoms with Gasteiger partial charge in [-0.15, -0.1) is 11.3 Å². The maximum atomic E-state index is 13.2. The number of hydrogen-bond donors (Lipinski definition) is 1. The largest absolute Gasteiger partial charge is 0.516 e. The first-order valence-corrected chi connectivity index (χ1v) is 13.3. The number of aromatic nitrogens is 2. The Labute approximate surface area is 212 Å². The van der Waals surface area contributed by atoms with Crippen molar-refractivity contribution in [2.75, 3.05) is 17.5 Å². The Hall–Kier alpha value is -1.73. The second-order valence-corrected chi connectivity index (χ2v) is 12.1. The van der Waals surface area contributed by atoms with Gasteiger partial charge in [-0.05, 0) is 40.2 Å². The first-order chi connectivity index (χ1) is 15.7. The number of sulfonamides is 1. The van der Waals surface area contributed by atoms with E-state index in [4.69, 9.17) is 16.7 Å². The van der Waals surface area contributed by atoms with Crippen LogP contribution in [0.5, 0.6) is 0 Å². The van der Waals surface area contributed by atoms with Gasteiger partial charge in [0.2, 0.25) is 0 Å². The lowest BCUT2D eigenvalue weighted by Gasteiger charge is -2.26. The lowest BCUT2D eigenvalue weighted by atomic mass is 9.91. The zero-order chi connectivity index (χ0) is 25.5. The van der Waals surface area contributed by atoms with Crippen LogP contribution in [0.4, 0.5) is 18.9 Å². The smallest absolute Gasteiger partial charge is 0.394 e. The summed E-state index contributed by atoms with van der Waals surface area (Å²) < 4.78 is 63.6. The van der Waals surface area contributed by atoms with Crippen LogP contribution in [-0.2, 0) is 15.4 Å². The number of rotatable bonds is 6. The van der Waals surface area contributed by atoms with Crippen LogP contribution in [0.1, 0.15) is 26.5 Å². The molecule has 0 radical (unpaired) electrons. The van der Waals surface area contributed by atoms with Crippen LogP contribution in [0.15, 0.2) is 40.3 Å². The number of hydrogen-bond acceptors (Lipinski definition) is 6. The predicted molar refractivity (Wildman–Crippen MR) is 132 cm³/mol. The minimum Gasteiger partial charge on any atom is -0.394 e. The first-order valence-electron chi connectivity index (χ1n) is 9.79. The summed E-state index contributed by atoms with van der Waals surface area (Å²) in [7, 11) is -5.75. The number of anilines is 1. The third-order valence-corrected chi connectivity index (χ3v) is 8.63. The van der Waals surface area contributed by atoms with Gasteiger partial charge in [0.25, 0.3) is 0 Å². The number of aliphatic hydroxyl groups is 1. The van der Waals surface area contributed by atoms with E-state index < -0.39 is 28.7 Å². The monoisotopic (exact) mass is 597 g/mol. The van der Waals surface area contributed by atoms with Crippen molar-refractivity contribution < 1.29 is 26.7 Å². The fourth-order valence-corrected chi connectivity index (χ4v) is 5.75. The van der Waals surface area contributed by atoms with Gasteiger partial charge in [0.15, 0.2) is 0 Å². The molecule has 0 fully saturated rings. The highest BCUT2D eigenvalue weighted by Crippen LogP contribution is 2.43. The summed E-state index contributed by atoms with van der Waals surface area (Å²) in [5.41, 5.74) is -3.43. The summed E-state index contributed by atoms with van der Waals surface area (Å²) in [5.74, 6) is 0. The first kappa shape index (κ1) is 26.9. The highest BCUT2D eigenvalue weighted by Gasteiger charge is 2.50. The van der Waals surface area contributed by atoms with Crippen LogP contribution in [0.2, 0.25) is 5.02 Å². The van der Waals surface area contributed by atoms with Crippen LogP contribution in [0, 0.1) is 0 Å². The minimum atomic E-state index is -5.75. The van der Waals surface area contributed by atoms with Crippen LogP contribution in [0.3, 0.4) is 0 Å². The molecule has 3 aromatic rings. The van der Waals surface area contributed by atoms with E-state index >= 15 is 0 Å². The molecule has 0 atom stereocenters. The fourth-order valence-electron chi connectivity index (χ4n) is 3.02.